The molecule has 0 rings (SSSR count). The number of phosphoric acid groups is 2. The van der Waals surface area contributed by atoms with Crippen LogP contribution in [0.1, 0.15) is 344 Å². The Labute approximate surface area is 537 Å². The maximum Gasteiger partial charge on any atom is 0.472 e. The minimum Gasteiger partial charge on any atom is -0.462 e. The molecule has 0 bridgehead atoms. The van der Waals surface area contributed by atoms with Crippen LogP contribution in [0, 0.1) is 17.8 Å². The van der Waals surface area contributed by atoms with Crippen molar-refractivity contribution in [3.8, 4) is 0 Å². The van der Waals surface area contributed by atoms with Crippen molar-refractivity contribution in [2.45, 2.75) is 362 Å². The molecule has 5 atom stereocenters. The normalized spacial score (nSPS) is 14.2. The number of rotatable bonds is 67. The molecule has 0 aliphatic heterocycles. The Morgan fingerprint density at radius 3 is 0.773 bits per heavy atom. The van der Waals surface area contributed by atoms with Gasteiger partial charge in [-0.25, -0.2) is 9.13 Å². The quantitative estimate of drug-likeness (QED) is 0.0222. The molecular weight excluding hydrogens is 1160 g/mol. The molecule has 0 saturated heterocycles. The molecule has 17 nitrogen and oxygen atoms in total. The molecule has 522 valence electrons. The number of carbonyl (C=O) groups excluding carboxylic acids is 4. The van der Waals surface area contributed by atoms with E-state index < -0.39 is 97.5 Å². The first-order valence-electron chi connectivity index (χ1n) is 35.8. The minimum absolute atomic E-state index is 0.104. The van der Waals surface area contributed by atoms with Gasteiger partial charge in [-0.2, -0.15) is 0 Å². The van der Waals surface area contributed by atoms with E-state index in [2.05, 4.69) is 48.5 Å². The second kappa shape index (κ2) is 60.0. The third kappa shape index (κ3) is 62.8. The first-order chi connectivity index (χ1) is 42.2. The zero-order valence-electron chi connectivity index (χ0n) is 57.2. The molecule has 0 aromatic heterocycles. The predicted molar refractivity (Wildman–Crippen MR) is 354 cm³/mol. The largest absolute Gasteiger partial charge is 0.472 e. The Hall–Kier alpha value is -1.94. The number of ether oxygens (including phenoxy) is 4. The van der Waals surface area contributed by atoms with Gasteiger partial charge in [-0.15, -0.1) is 0 Å². The summed E-state index contributed by atoms with van der Waals surface area (Å²) in [5.41, 5.74) is 0. The highest BCUT2D eigenvalue weighted by atomic mass is 31.2. The number of aliphatic hydroxyl groups excluding tert-OH is 1. The summed E-state index contributed by atoms with van der Waals surface area (Å²) in [5.74, 6) is 0.139. The minimum atomic E-state index is -4.95. The molecule has 0 radical (unpaired) electrons. The van der Waals surface area contributed by atoms with E-state index in [0.717, 1.165) is 120 Å². The van der Waals surface area contributed by atoms with Crippen LogP contribution in [-0.4, -0.2) is 96.7 Å². The lowest BCUT2D eigenvalue weighted by Gasteiger charge is -2.21. The second-order valence-corrected chi connectivity index (χ2v) is 29.3. The van der Waals surface area contributed by atoms with Crippen LogP contribution in [0.3, 0.4) is 0 Å². The molecule has 0 spiro atoms. The highest BCUT2D eigenvalue weighted by Gasteiger charge is 2.30. The van der Waals surface area contributed by atoms with Gasteiger partial charge >= 0.3 is 39.5 Å². The van der Waals surface area contributed by atoms with Gasteiger partial charge in [0, 0.05) is 25.7 Å². The lowest BCUT2D eigenvalue weighted by atomic mass is 10.0. The SMILES string of the molecule is CCCCCCCCCC(=O)OC[C@H](COP(=O)(O)OC[C@H](O)COP(=O)(O)OC[C@@H](COC(=O)CCCCCCCCCCCCC(C)C)OC(=O)CCCCCCCCCCCCCCCCC(C)C)OC(=O)CCCCCCCCCCC(C)C. The van der Waals surface area contributed by atoms with Gasteiger partial charge in [-0.1, -0.05) is 292 Å². The topological polar surface area (TPSA) is 237 Å². The molecule has 88 heavy (non-hydrogen) atoms. The van der Waals surface area contributed by atoms with E-state index in [0.29, 0.717) is 25.7 Å². The van der Waals surface area contributed by atoms with Gasteiger partial charge in [0.25, 0.3) is 0 Å². The van der Waals surface area contributed by atoms with Crippen LogP contribution >= 0.6 is 15.6 Å². The maximum atomic E-state index is 13.0. The van der Waals surface area contributed by atoms with Crippen LogP contribution in [0.5, 0.6) is 0 Å². The molecule has 0 aliphatic carbocycles. The molecule has 0 aliphatic rings. The van der Waals surface area contributed by atoms with E-state index in [-0.39, 0.29) is 25.7 Å². The maximum absolute atomic E-state index is 13.0. The van der Waals surface area contributed by atoms with Crippen LogP contribution in [0.4, 0.5) is 0 Å². The van der Waals surface area contributed by atoms with Crippen molar-refractivity contribution in [3.63, 3.8) is 0 Å². The highest BCUT2D eigenvalue weighted by Crippen LogP contribution is 2.45. The summed E-state index contributed by atoms with van der Waals surface area (Å²) < 4.78 is 68.1. The number of esters is 4. The van der Waals surface area contributed by atoms with Crippen LogP contribution in [-0.2, 0) is 65.4 Å². The van der Waals surface area contributed by atoms with Gasteiger partial charge in [0.05, 0.1) is 26.4 Å². The van der Waals surface area contributed by atoms with E-state index >= 15 is 0 Å². The number of hydrogen-bond donors (Lipinski definition) is 3. The molecule has 0 saturated carbocycles. The summed E-state index contributed by atoms with van der Waals surface area (Å²) in [6, 6.07) is 0. The molecule has 3 N–H and O–H groups in total. The number of carbonyl (C=O) groups is 4. The third-order valence-electron chi connectivity index (χ3n) is 15.9. The Balaban J connectivity index is 5.21. The highest BCUT2D eigenvalue weighted by molar-refractivity contribution is 7.47. The van der Waals surface area contributed by atoms with Gasteiger partial charge < -0.3 is 33.8 Å². The standard InChI is InChI=1S/C69H134O17P2/c1-8-9-10-11-26-36-43-50-66(71)79-56-64(86-69(74)53-46-39-32-25-24-29-35-42-49-62(6)7)58-83-87(75,76)81-54-63(70)55-82-88(77,78)84-59-65(57-80-67(72)51-44-37-30-22-19-18-21-28-34-41-48-61(4)5)85-68(73)52-45-38-31-23-17-15-13-12-14-16-20-27-33-40-47-60(2)3/h60-65,70H,8-59H2,1-7H3,(H,75,76)(H,77,78)/t63-,64+,65+/m0/s1. The zero-order valence-corrected chi connectivity index (χ0v) is 59.0. The van der Waals surface area contributed by atoms with Crippen LogP contribution in [0.25, 0.3) is 0 Å². The Morgan fingerprint density at radius 1 is 0.307 bits per heavy atom. The smallest absolute Gasteiger partial charge is 0.462 e. The fraction of sp³-hybridized carbons (Fsp3) is 0.942. The Kier molecular flexibility index (Phi) is 58.7. The first-order valence-corrected chi connectivity index (χ1v) is 38.8. The molecule has 2 unspecified atom stereocenters. The fourth-order valence-corrected chi connectivity index (χ4v) is 11.9. The van der Waals surface area contributed by atoms with E-state index in [1.165, 1.54) is 141 Å². The average Bonchev–Trinajstić information content (AvgIpc) is 3.66. The summed E-state index contributed by atoms with van der Waals surface area (Å²) in [6.07, 6.45) is 43.2. The van der Waals surface area contributed by atoms with Crippen LogP contribution < -0.4 is 0 Å². The Bertz CT molecular complexity index is 1730. The van der Waals surface area contributed by atoms with Crippen molar-refractivity contribution in [1.82, 2.24) is 0 Å². The average molecular weight is 1300 g/mol. The van der Waals surface area contributed by atoms with Crippen molar-refractivity contribution in [2.24, 2.45) is 17.8 Å². The molecule has 0 aromatic rings. The van der Waals surface area contributed by atoms with E-state index in [9.17, 15) is 43.2 Å². The lowest BCUT2D eigenvalue weighted by molar-refractivity contribution is -0.161. The lowest BCUT2D eigenvalue weighted by Crippen LogP contribution is -2.30. The van der Waals surface area contributed by atoms with E-state index in [1.54, 1.807) is 0 Å². The number of aliphatic hydroxyl groups is 1. The summed E-state index contributed by atoms with van der Waals surface area (Å²) in [5, 5.41) is 10.6. The first kappa shape index (κ1) is 86.1. The number of phosphoric ester groups is 2. The van der Waals surface area contributed by atoms with Crippen LogP contribution in [0.15, 0.2) is 0 Å². The molecule has 19 heteroatoms. The van der Waals surface area contributed by atoms with E-state index in [1.807, 2.05) is 0 Å². The molecule has 0 heterocycles. The third-order valence-corrected chi connectivity index (χ3v) is 17.8. The fourth-order valence-electron chi connectivity index (χ4n) is 10.4. The summed E-state index contributed by atoms with van der Waals surface area (Å²) in [4.78, 5) is 72.4. The van der Waals surface area contributed by atoms with E-state index in [4.69, 9.17) is 37.0 Å². The second-order valence-electron chi connectivity index (χ2n) is 26.3. The van der Waals surface area contributed by atoms with Crippen molar-refractivity contribution < 1.29 is 80.2 Å². The summed E-state index contributed by atoms with van der Waals surface area (Å²) in [7, 11) is -9.89. The number of hydrogen-bond acceptors (Lipinski definition) is 15. The zero-order chi connectivity index (χ0) is 65.2. The van der Waals surface area contributed by atoms with Gasteiger partial charge in [-0.05, 0) is 43.4 Å². The number of unbranched alkanes of at least 4 members (excludes halogenated alkanes) is 35. The molecule has 0 aromatic carbocycles. The van der Waals surface area contributed by atoms with Crippen molar-refractivity contribution >= 4 is 39.5 Å². The monoisotopic (exact) mass is 1300 g/mol. The van der Waals surface area contributed by atoms with Gasteiger partial charge in [0.15, 0.2) is 12.2 Å². The van der Waals surface area contributed by atoms with Gasteiger partial charge in [-0.3, -0.25) is 37.3 Å². The van der Waals surface area contributed by atoms with Crippen LogP contribution in [0.2, 0.25) is 0 Å². The van der Waals surface area contributed by atoms with Gasteiger partial charge in [0.2, 0.25) is 0 Å². The molecular formula is C69H134O17P2. The van der Waals surface area contributed by atoms with Crippen molar-refractivity contribution in [3.05, 3.63) is 0 Å². The predicted octanol–water partition coefficient (Wildman–Crippen LogP) is 19.5. The summed E-state index contributed by atoms with van der Waals surface area (Å²) >= 11 is 0. The summed E-state index contributed by atoms with van der Waals surface area (Å²) in [6.45, 7) is 11.8. The van der Waals surface area contributed by atoms with Crippen molar-refractivity contribution in [1.29, 1.82) is 0 Å². The van der Waals surface area contributed by atoms with Gasteiger partial charge in [0.1, 0.15) is 19.3 Å². The Morgan fingerprint density at radius 2 is 0.523 bits per heavy atom. The van der Waals surface area contributed by atoms with Crippen molar-refractivity contribution in [2.75, 3.05) is 39.6 Å². The molecule has 0 amide bonds. The molecule has 0 fully saturated rings.